The number of carbonyl (C=O) groups excluding carboxylic acids is 1. The normalized spacial score (nSPS) is 9.00. The van der Waals surface area contributed by atoms with Gasteiger partial charge in [-0.05, 0) is 6.07 Å². The summed E-state index contributed by atoms with van der Waals surface area (Å²) in [5.41, 5.74) is 0.761. The lowest BCUT2D eigenvalue weighted by Crippen LogP contribution is -1.97. The Hall–Kier alpha value is -0.770. The molecular formula is C5H5BrN2O. The van der Waals surface area contributed by atoms with E-state index in [1.807, 2.05) is 0 Å². The highest BCUT2D eigenvalue weighted by Gasteiger charge is 1.93. The average Bonchev–Trinajstić information content (AvgIpc) is 2.15. The highest BCUT2D eigenvalue weighted by Crippen LogP contribution is 2.04. The van der Waals surface area contributed by atoms with Crippen LogP contribution in [0, 0.1) is 0 Å². The molecule has 0 fully saturated rings. The Labute approximate surface area is 60.6 Å². The number of aromatic amines is 1. The van der Waals surface area contributed by atoms with Crippen LogP contribution in [0.5, 0.6) is 0 Å². The third-order valence-corrected chi connectivity index (χ3v) is 1.04. The van der Waals surface area contributed by atoms with E-state index in [9.17, 15) is 4.79 Å². The van der Waals surface area contributed by atoms with Crippen molar-refractivity contribution in [2.24, 2.45) is 0 Å². The summed E-state index contributed by atoms with van der Waals surface area (Å²) in [7, 11) is 0. The Morgan fingerprint density at radius 3 is 3.00 bits per heavy atom. The molecule has 1 amide bonds. The summed E-state index contributed by atoms with van der Waals surface area (Å²) in [6.45, 7) is 0. The van der Waals surface area contributed by atoms with Crippen LogP contribution >= 0.6 is 15.9 Å². The molecule has 0 bridgehead atoms. The zero-order valence-corrected chi connectivity index (χ0v) is 6.10. The monoisotopic (exact) mass is 188 g/mol. The van der Waals surface area contributed by atoms with Crippen molar-refractivity contribution in [2.75, 3.05) is 5.32 Å². The lowest BCUT2D eigenvalue weighted by Gasteiger charge is -1.91. The van der Waals surface area contributed by atoms with E-state index < -0.39 is 0 Å². The van der Waals surface area contributed by atoms with Crippen LogP contribution in [0.25, 0.3) is 0 Å². The fourth-order valence-corrected chi connectivity index (χ4v) is 0.744. The van der Waals surface area contributed by atoms with Gasteiger partial charge in [-0.1, -0.05) is 0 Å². The van der Waals surface area contributed by atoms with Gasteiger partial charge in [0, 0.05) is 28.3 Å². The number of halogens is 1. The number of amides is 1. The lowest BCUT2D eigenvalue weighted by molar-refractivity contribution is 0.270. The summed E-state index contributed by atoms with van der Waals surface area (Å²) >= 11 is 2.73. The highest BCUT2D eigenvalue weighted by molar-refractivity contribution is 9.18. The van der Waals surface area contributed by atoms with E-state index in [4.69, 9.17) is 0 Å². The number of hydrogen-bond donors (Lipinski definition) is 2. The molecule has 0 saturated heterocycles. The summed E-state index contributed by atoms with van der Waals surface area (Å²) in [6.07, 6.45) is 3.43. The van der Waals surface area contributed by atoms with Gasteiger partial charge in [0.15, 0.2) is 0 Å². The van der Waals surface area contributed by atoms with Gasteiger partial charge in [0.05, 0.1) is 5.69 Å². The quantitative estimate of drug-likeness (QED) is 0.514. The number of hydrogen-bond acceptors (Lipinski definition) is 1. The van der Waals surface area contributed by atoms with Crippen LogP contribution in [0.4, 0.5) is 10.5 Å². The fourth-order valence-electron chi connectivity index (χ4n) is 0.515. The third kappa shape index (κ3) is 1.89. The molecule has 0 radical (unpaired) electrons. The van der Waals surface area contributed by atoms with Crippen LogP contribution in [0.1, 0.15) is 0 Å². The van der Waals surface area contributed by atoms with E-state index in [-0.39, 0.29) is 4.82 Å². The Morgan fingerprint density at radius 2 is 2.56 bits per heavy atom. The maximum absolute atomic E-state index is 10.3. The van der Waals surface area contributed by atoms with E-state index in [1.54, 1.807) is 18.5 Å². The molecule has 0 aromatic carbocycles. The first-order chi connectivity index (χ1) is 4.29. The zero-order chi connectivity index (χ0) is 6.69. The van der Waals surface area contributed by atoms with Gasteiger partial charge in [0.25, 0.3) is 4.82 Å². The van der Waals surface area contributed by atoms with Gasteiger partial charge in [0.1, 0.15) is 0 Å². The summed E-state index contributed by atoms with van der Waals surface area (Å²) in [4.78, 5) is 12.9. The van der Waals surface area contributed by atoms with Crippen LogP contribution in [0.15, 0.2) is 18.5 Å². The number of nitrogens with one attached hydrogen (secondary N) is 2. The van der Waals surface area contributed by atoms with E-state index in [2.05, 4.69) is 26.2 Å². The van der Waals surface area contributed by atoms with Gasteiger partial charge in [-0.25, -0.2) is 0 Å². The lowest BCUT2D eigenvalue weighted by atomic mass is 10.5. The van der Waals surface area contributed by atoms with Crippen molar-refractivity contribution in [1.29, 1.82) is 0 Å². The predicted molar refractivity (Wildman–Crippen MR) is 38.7 cm³/mol. The molecular weight excluding hydrogens is 184 g/mol. The fraction of sp³-hybridized carbons (Fsp3) is 0. The van der Waals surface area contributed by atoms with Gasteiger partial charge in [0.2, 0.25) is 0 Å². The molecule has 0 atom stereocenters. The standard InChI is InChI=1S/C5H5BrN2O/c6-5(9)8-4-1-2-7-3-4/h1-3,7H,(H,8,9). The largest absolute Gasteiger partial charge is 0.366 e. The predicted octanol–water partition coefficient (Wildman–Crippen LogP) is 1.94. The molecule has 1 aromatic heterocycles. The van der Waals surface area contributed by atoms with Gasteiger partial charge in [-0.2, -0.15) is 0 Å². The molecule has 0 aliphatic heterocycles. The minimum Gasteiger partial charge on any atom is -0.366 e. The number of H-pyrrole nitrogens is 1. The second kappa shape index (κ2) is 2.68. The third-order valence-electron chi connectivity index (χ3n) is 0.841. The molecule has 1 aromatic rings. The molecule has 48 valence electrons. The first kappa shape index (κ1) is 6.35. The summed E-state index contributed by atoms with van der Waals surface area (Å²) in [5.74, 6) is 0. The van der Waals surface area contributed by atoms with Crippen molar-refractivity contribution < 1.29 is 4.79 Å². The SMILES string of the molecule is O=C(Br)Nc1cc[nH]c1. The van der Waals surface area contributed by atoms with Crippen molar-refractivity contribution in [3.8, 4) is 0 Å². The molecule has 1 heterocycles. The smallest absolute Gasteiger partial charge is 0.291 e. The molecule has 1 rings (SSSR count). The maximum atomic E-state index is 10.3. The van der Waals surface area contributed by atoms with Crippen LogP contribution < -0.4 is 5.32 Å². The van der Waals surface area contributed by atoms with Crippen LogP contribution in [0.3, 0.4) is 0 Å². The summed E-state index contributed by atoms with van der Waals surface area (Å²) in [5, 5.41) is 2.53. The number of aromatic nitrogens is 1. The Morgan fingerprint density at radius 1 is 1.78 bits per heavy atom. The van der Waals surface area contributed by atoms with Crippen molar-refractivity contribution in [3.63, 3.8) is 0 Å². The molecule has 0 aliphatic carbocycles. The van der Waals surface area contributed by atoms with E-state index in [0.717, 1.165) is 5.69 Å². The van der Waals surface area contributed by atoms with Gasteiger partial charge in [-0.15, -0.1) is 0 Å². The van der Waals surface area contributed by atoms with Crippen molar-refractivity contribution in [3.05, 3.63) is 18.5 Å². The molecule has 2 N–H and O–H groups in total. The zero-order valence-electron chi connectivity index (χ0n) is 4.52. The number of rotatable bonds is 1. The van der Waals surface area contributed by atoms with Gasteiger partial charge >= 0.3 is 0 Å². The highest BCUT2D eigenvalue weighted by atomic mass is 79.9. The van der Waals surface area contributed by atoms with Crippen molar-refractivity contribution >= 4 is 26.4 Å². The van der Waals surface area contributed by atoms with Gasteiger partial charge < -0.3 is 10.3 Å². The second-order valence-corrected chi connectivity index (χ2v) is 2.22. The van der Waals surface area contributed by atoms with Crippen LogP contribution in [-0.2, 0) is 0 Å². The van der Waals surface area contributed by atoms with Crippen molar-refractivity contribution in [1.82, 2.24) is 4.98 Å². The summed E-state index contributed by atoms with van der Waals surface area (Å²) in [6, 6.07) is 1.76. The molecule has 0 aliphatic rings. The Bertz CT molecular complexity index is 195. The topological polar surface area (TPSA) is 44.9 Å². The molecule has 9 heavy (non-hydrogen) atoms. The van der Waals surface area contributed by atoms with Gasteiger partial charge in [-0.3, -0.25) is 4.79 Å². The maximum Gasteiger partial charge on any atom is 0.291 e. The molecule has 4 heteroatoms. The molecule has 3 nitrogen and oxygen atoms in total. The minimum atomic E-state index is -0.234. The Kier molecular flexibility index (Phi) is 1.89. The first-order valence-corrected chi connectivity index (χ1v) is 3.17. The Balaban J connectivity index is 2.58. The van der Waals surface area contributed by atoms with Crippen molar-refractivity contribution in [2.45, 2.75) is 0 Å². The minimum absolute atomic E-state index is 0.234. The van der Waals surface area contributed by atoms with Crippen LogP contribution in [-0.4, -0.2) is 9.80 Å². The molecule has 0 saturated carbocycles. The number of carbonyl (C=O) groups is 1. The van der Waals surface area contributed by atoms with E-state index >= 15 is 0 Å². The molecule has 0 unspecified atom stereocenters. The average molecular weight is 189 g/mol. The van der Waals surface area contributed by atoms with E-state index in [1.165, 1.54) is 0 Å². The first-order valence-electron chi connectivity index (χ1n) is 2.38. The molecule has 0 spiro atoms. The second-order valence-electron chi connectivity index (χ2n) is 1.50. The summed E-state index contributed by atoms with van der Waals surface area (Å²) < 4.78 is 0. The van der Waals surface area contributed by atoms with Crippen LogP contribution in [0.2, 0.25) is 0 Å². The van der Waals surface area contributed by atoms with E-state index in [0.29, 0.717) is 0 Å². The number of anilines is 1.